The zero-order chi connectivity index (χ0) is 12.1. The maximum atomic E-state index is 12.1. The molecule has 1 saturated heterocycles. The van der Waals surface area contributed by atoms with E-state index in [-0.39, 0.29) is 5.91 Å². The summed E-state index contributed by atoms with van der Waals surface area (Å²) in [5, 5.41) is 2.00. The highest BCUT2D eigenvalue weighted by molar-refractivity contribution is 7.10. The summed E-state index contributed by atoms with van der Waals surface area (Å²) in [5.41, 5.74) is 0. The molecule has 0 aliphatic carbocycles. The zero-order valence-electron chi connectivity index (χ0n) is 9.80. The second-order valence-electron chi connectivity index (χ2n) is 4.44. The van der Waals surface area contributed by atoms with E-state index in [0.29, 0.717) is 18.9 Å². The fraction of sp³-hybridized carbons (Fsp3) is 0.583. The Morgan fingerprint density at radius 2 is 2.53 bits per heavy atom. The number of rotatable bonds is 4. The Kier molecular flexibility index (Phi) is 4.53. The first kappa shape index (κ1) is 12.5. The molecule has 0 spiro atoms. The van der Waals surface area contributed by atoms with Crippen LogP contribution in [0.5, 0.6) is 0 Å². The van der Waals surface area contributed by atoms with E-state index in [0.717, 1.165) is 30.8 Å². The normalized spacial score (nSPS) is 20.5. The van der Waals surface area contributed by atoms with Crippen LogP contribution >= 0.6 is 11.3 Å². The van der Waals surface area contributed by atoms with Crippen molar-refractivity contribution in [2.75, 3.05) is 19.7 Å². The molecule has 1 unspecified atom stereocenters. The van der Waals surface area contributed by atoms with Gasteiger partial charge in [0.05, 0.1) is 13.0 Å². The van der Waals surface area contributed by atoms with E-state index in [1.165, 1.54) is 0 Å². The van der Waals surface area contributed by atoms with Gasteiger partial charge in [0.2, 0.25) is 5.91 Å². The zero-order valence-corrected chi connectivity index (χ0v) is 10.6. The molecule has 1 aromatic heterocycles. The minimum atomic E-state index is 0.217. The smallest absolute Gasteiger partial charge is 0.227 e. The molecular weight excluding hydrogens is 236 g/mol. The van der Waals surface area contributed by atoms with Crippen molar-refractivity contribution in [3.05, 3.63) is 22.4 Å². The van der Waals surface area contributed by atoms with Gasteiger partial charge in [-0.15, -0.1) is 11.3 Å². The van der Waals surface area contributed by atoms with Crippen molar-refractivity contribution in [2.24, 2.45) is 11.8 Å². The van der Waals surface area contributed by atoms with Crippen LogP contribution < -0.4 is 5.90 Å². The maximum Gasteiger partial charge on any atom is 0.227 e. The van der Waals surface area contributed by atoms with Crippen LogP contribution in [0.2, 0.25) is 0 Å². The number of hydrogen-bond acceptors (Lipinski definition) is 4. The standard InChI is InChI=1S/C12H18N2O2S/c13-16-9-10-3-1-5-14(8-10)12(15)7-11-4-2-6-17-11/h2,4,6,10H,1,3,5,7-9,13H2. The van der Waals surface area contributed by atoms with Crippen molar-refractivity contribution in [3.8, 4) is 0 Å². The van der Waals surface area contributed by atoms with Crippen LogP contribution in [-0.2, 0) is 16.1 Å². The molecule has 1 aliphatic rings. The molecule has 1 fully saturated rings. The minimum absolute atomic E-state index is 0.217. The fourth-order valence-electron chi connectivity index (χ4n) is 2.24. The third-order valence-electron chi connectivity index (χ3n) is 3.11. The summed E-state index contributed by atoms with van der Waals surface area (Å²) in [6.07, 6.45) is 2.66. The van der Waals surface area contributed by atoms with Gasteiger partial charge in [0.25, 0.3) is 0 Å². The minimum Gasteiger partial charge on any atom is -0.342 e. The van der Waals surface area contributed by atoms with Gasteiger partial charge in [0, 0.05) is 23.9 Å². The van der Waals surface area contributed by atoms with Crippen LogP contribution in [-0.4, -0.2) is 30.5 Å². The van der Waals surface area contributed by atoms with Crippen molar-refractivity contribution in [2.45, 2.75) is 19.3 Å². The van der Waals surface area contributed by atoms with E-state index in [1.54, 1.807) is 11.3 Å². The molecular formula is C12H18N2O2S. The number of nitrogens with two attached hydrogens (primary N) is 1. The topological polar surface area (TPSA) is 55.6 Å². The van der Waals surface area contributed by atoms with Gasteiger partial charge in [-0.25, -0.2) is 5.90 Å². The number of likely N-dealkylation sites (tertiary alicyclic amines) is 1. The summed E-state index contributed by atoms with van der Waals surface area (Å²) in [7, 11) is 0. The van der Waals surface area contributed by atoms with Gasteiger partial charge in [-0.3, -0.25) is 4.79 Å². The van der Waals surface area contributed by atoms with E-state index in [4.69, 9.17) is 5.90 Å². The summed E-state index contributed by atoms with van der Waals surface area (Å²) in [6.45, 7) is 2.19. The molecule has 1 atom stereocenters. The molecule has 0 radical (unpaired) electrons. The van der Waals surface area contributed by atoms with E-state index < -0.39 is 0 Å². The lowest BCUT2D eigenvalue weighted by molar-refractivity contribution is -0.132. The van der Waals surface area contributed by atoms with Crippen LogP contribution in [0.3, 0.4) is 0 Å². The highest BCUT2D eigenvalue weighted by Gasteiger charge is 2.23. The summed E-state index contributed by atoms with van der Waals surface area (Å²) in [4.78, 5) is 19.8. The first-order chi connectivity index (χ1) is 8.29. The highest BCUT2D eigenvalue weighted by Crippen LogP contribution is 2.18. The predicted molar refractivity (Wildman–Crippen MR) is 67.5 cm³/mol. The summed E-state index contributed by atoms with van der Waals surface area (Å²) in [6, 6.07) is 3.99. The Hall–Kier alpha value is -0.910. The molecule has 4 nitrogen and oxygen atoms in total. The Morgan fingerprint density at radius 1 is 1.65 bits per heavy atom. The second kappa shape index (κ2) is 6.14. The van der Waals surface area contributed by atoms with E-state index in [2.05, 4.69) is 4.84 Å². The monoisotopic (exact) mass is 254 g/mol. The fourth-order valence-corrected chi connectivity index (χ4v) is 2.93. The lowest BCUT2D eigenvalue weighted by Gasteiger charge is -2.32. The molecule has 2 heterocycles. The lowest BCUT2D eigenvalue weighted by Crippen LogP contribution is -2.42. The number of piperidine rings is 1. The summed E-state index contributed by atoms with van der Waals surface area (Å²) >= 11 is 1.63. The number of amides is 1. The molecule has 0 bridgehead atoms. The van der Waals surface area contributed by atoms with Gasteiger partial charge in [-0.2, -0.15) is 0 Å². The van der Waals surface area contributed by atoms with Crippen molar-refractivity contribution in [1.29, 1.82) is 0 Å². The molecule has 2 N–H and O–H groups in total. The molecule has 17 heavy (non-hydrogen) atoms. The molecule has 0 aromatic carbocycles. The SMILES string of the molecule is NOCC1CCCN(C(=O)Cc2cccs2)C1. The molecule has 5 heteroatoms. The van der Waals surface area contributed by atoms with Gasteiger partial charge < -0.3 is 9.74 Å². The Bertz CT molecular complexity index is 351. The van der Waals surface area contributed by atoms with Crippen LogP contribution in [0.1, 0.15) is 17.7 Å². The van der Waals surface area contributed by atoms with Gasteiger partial charge in [-0.05, 0) is 24.3 Å². The average molecular weight is 254 g/mol. The van der Waals surface area contributed by atoms with Gasteiger partial charge in [0.15, 0.2) is 0 Å². The molecule has 0 saturated carbocycles. The van der Waals surface area contributed by atoms with Gasteiger partial charge in [-0.1, -0.05) is 6.07 Å². The van der Waals surface area contributed by atoms with Crippen LogP contribution in [0.4, 0.5) is 0 Å². The Morgan fingerprint density at radius 3 is 3.24 bits per heavy atom. The van der Waals surface area contributed by atoms with Crippen molar-refractivity contribution in [3.63, 3.8) is 0 Å². The summed E-state index contributed by atoms with van der Waals surface area (Å²) in [5.74, 6) is 5.70. The van der Waals surface area contributed by atoms with Crippen molar-refractivity contribution >= 4 is 17.2 Å². The van der Waals surface area contributed by atoms with Crippen molar-refractivity contribution < 1.29 is 9.63 Å². The molecule has 94 valence electrons. The maximum absolute atomic E-state index is 12.1. The third kappa shape index (κ3) is 3.52. The Balaban J connectivity index is 1.86. The van der Waals surface area contributed by atoms with Crippen LogP contribution in [0.15, 0.2) is 17.5 Å². The molecule has 2 rings (SSSR count). The van der Waals surface area contributed by atoms with E-state index >= 15 is 0 Å². The first-order valence-electron chi connectivity index (χ1n) is 5.91. The van der Waals surface area contributed by atoms with Crippen LogP contribution in [0.25, 0.3) is 0 Å². The largest absolute Gasteiger partial charge is 0.342 e. The van der Waals surface area contributed by atoms with Crippen LogP contribution in [0, 0.1) is 5.92 Å². The Labute approximate surface area is 105 Å². The van der Waals surface area contributed by atoms with Crippen molar-refractivity contribution in [1.82, 2.24) is 4.90 Å². The first-order valence-corrected chi connectivity index (χ1v) is 6.79. The molecule has 1 amide bonds. The molecule has 1 aromatic rings. The number of nitrogens with zero attached hydrogens (tertiary/aromatic N) is 1. The second-order valence-corrected chi connectivity index (χ2v) is 5.47. The van der Waals surface area contributed by atoms with E-state index in [9.17, 15) is 4.79 Å². The number of carbonyl (C=O) groups excluding carboxylic acids is 1. The average Bonchev–Trinajstić information content (AvgIpc) is 2.83. The highest BCUT2D eigenvalue weighted by atomic mass is 32.1. The number of hydrogen-bond donors (Lipinski definition) is 1. The molecule has 1 aliphatic heterocycles. The van der Waals surface area contributed by atoms with Gasteiger partial charge >= 0.3 is 0 Å². The predicted octanol–water partition coefficient (Wildman–Crippen LogP) is 1.42. The third-order valence-corrected chi connectivity index (χ3v) is 3.99. The van der Waals surface area contributed by atoms with E-state index in [1.807, 2.05) is 22.4 Å². The van der Waals surface area contributed by atoms with Gasteiger partial charge in [0.1, 0.15) is 0 Å². The quantitative estimate of drug-likeness (QED) is 0.827. The number of thiophene rings is 1. The summed E-state index contributed by atoms with van der Waals surface area (Å²) < 4.78 is 0. The number of carbonyl (C=O) groups is 1. The lowest BCUT2D eigenvalue weighted by atomic mass is 9.99.